The van der Waals surface area contributed by atoms with E-state index in [-0.39, 0.29) is 35.0 Å². The summed E-state index contributed by atoms with van der Waals surface area (Å²) in [5.74, 6) is 0.234. The number of hydrogen-bond acceptors (Lipinski definition) is 8. The number of esters is 1. The molecule has 4 rings (SSSR count). The molecule has 0 aliphatic rings. The molecule has 0 fully saturated rings. The number of carbonyl (C=O) groups excluding carboxylic acids is 1. The SMILES string of the molecule is CC(C)(C)OC(=O)COc1ccc([S+](c2cccnc2)c2cccnc2)cc1.CCCCCCCCOS(=O)(=O)c1ccccc1. The van der Waals surface area contributed by atoms with E-state index in [1.165, 1.54) is 19.3 Å². The number of benzene rings is 2. The average molecular weight is 666 g/mol. The number of nitrogens with zero attached hydrogens (tertiary/aromatic N) is 2. The summed E-state index contributed by atoms with van der Waals surface area (Å²) in [6, 6.07) is 24.0. The van der Waals surface area contributed by atoms with Crippen molar-refractivity contribution in [2.45, 2.75) is 91.4 Å². The zero-order valence-corrected chi connectivity index (χ0v) is 28.8. The second kappa shape index (κ2) is 19.1. The summed E-state index contributed by atoms with van der Waals surface area (Å²) in [6.07, 6.45) is 14.0. The van der Waals surface area contributed by atoms with E-state index in [9.17, 15) is 13.2 Å². The number of rotatable bonds is 15. The molecular formula is C36H45N2O6S2+. The Morgan fingerprint density at radius 3 is 1.87 bits per heavy atom. The summed E-state index contributed by atoms with van der Waals surface area (Å²) in [4.78, 5) is 23.9. The molecule has 2 heterocycles. The summed E-state index contributed by atoms with van der Waals surface area (Å²) in [7, 11) is -3.88. The fourth-order valence-corrected chi connectivity index (χ4v) is 7.19. The molecule has 246 valence electrons. The van der Waals surface area contributed by atoms with Crippen molar-refractivity contribution in [1.82, 2.24) is 9.97 Å². The third-order valence-electron chi connectivity index (χ3n) is 6.34. The molecule has 0 radical (unpaired) electrons. The molecule has 0 atom stereocenters. The lowest BCUT2D eigenvalue weighted by atomic mass is 10.1. The number of carbonyl (C=O) groups is 1. The maximum Gasteiger partial charge on any atom is 0.344 e. The van der Waals surface area contributed by atoms with E-state index >= 15 is 0 Å². The van der Waals surface area contributed by atoms with E-state index in [0.717, 1.165) is 33.9 Å². The van der Waals surface area contributed by atoms with E-state index in [1.807, 2.05) is 69.6 Å². The van der Waals surface area contributed by atoms with Crippen molar-refractivity contribution in [3.63, 3.8) is 0 Å². The summed E-state index contributed by atoms with van der Waals surface area (Å²) >= 11 is 0. The molecule has 0 saturated heterocycles. The minimum Gasteiger partial charge on any atom is -0.482 e. The Morgan fingerprint density at radius 2 is 1.33 bits per heavy atom. The van der Waals surface area contributed by atoms with Crippen molar-refractivity contribution in [1.29, 1.82) is 0 Å². The first-order valence-corrected chi connectivity index (χ1v) is 18.2. The number of aromatic nitrogens is 2. The fraction of sp³-hybridized carbons (Fsp3) is 0.361. The Balaban J connectivity index is 0.000000277. The molecule has 0 aliphatic heterocycles. The van der Waals surface area contributed by atoms with Crippen LogP contribution in [0.1, 0.15) is 66.2 Å². The second-order valence-electron chi connectivity index (χ2n) is 11.4. The molecule has 0 amide bonds. The van der Waals surface area contributed by atoms with Crippen LogP contribution in [0.2, 0.25) is 0 Å². The molecule has 0 spiro atoms. The van der Waals surface area contributed by atoms with E-state index in [4.69, 9.17) is 13.7 Å². The zero-order valence-electron chi connectivity index (χ0n) is 27.1. The molecule has 0 saturated carbocycles. The molecule has 0 bridgehead atoms. The Labute approximate surface area is 277 Å². The number of pyridine rings is 2. The maximum atomic E-state index is 11.8. The normalized spacial score (nSPS) is 11.4. The number of ether oxygens (including phenoxy) is 2. The molecular weight excluding hydrogens is 621 g/mol. The van der Waals surface area contributed by atoms with Gasteiger partial charge in [-0.1, -0.05) is 57.2 Å². The lowest BCUT2D eigenvalue weighted by Crippen LogP contribution is -2.27. The third-order valence-corrected chi connectivity index (χ3v) is 9.84. The van der Waals surface area contributed by atoms with Crippen LogP contribution in [0.15, 0.2) is 123 Å². The molecule has 0 unspecified atom stereocenters. The van der Waals surface area contributed by atoms with Gasteiger partial charge in [0.1, 0.15) is 22.2 Å². The van der Waals surface area contributed by atoms with Crippen LogP contribution in [-0.4, -0.2) is 43.2 Å². The quantitative estimate of drug-likeness (QED) is 0.0544. The van der Waals surface area contributed by atoms with E-state index in [1.54, 1.807) is 42.7 Å². The smallest absolute Gasteiger partial charge is 0.344 e. The molecule has 46 heavy (non-hydrogen) atoms. The van der Waals surface area contributed by atoms with Gasteiger partial charge in [-0.25, -0.2) is 4.79 Å². The van der Waals surface area contributed by atoms with Gasteiger partial charge in [0.15, 0.2) is 21.3 Å². The van der Waals surface area contributed by atoms with Crippen LogP contribution in [0.4, 0.5) is 0 Å². The van der Waals surface area contributed by atoms with Gasteiger partial charge in [-0.2, -0.15) is 8.42 Å². The van der Waals surface area contributed by atoms with Gasteiger partial charge >= 0.3 is 5.97 Å². The third kappa shape index (κ3) is 13.3. The van der Waals surface area contributed by atoms with Crippen LogP contribution in [0.25, 0.3) is 0 Å². The van der Waals surface area contributed by atoms with Crippen molar-refractivity contribution in [3.05, 3.63) is 104 Å². The van der Waals surface area contributed by atoms with Gasteiger partial charge in [0.05, 0.1) is 23.9 Å². The summed E-state index contributed by atoms with van der Waals surface area (Å²) in [5, 5.41) is 0. The van der Waals surface area contributed by atoms with Crippen LogP contribution in [-0.2, 0) is 34.7 Å². The highest BCUT2D eigenvalue weighted by atomic mass is 32.2. The average Bonchev–Trinajstić information content (AvgIpc) is 3.05. The minimum absolute atomic E-state index is 0.118. The van der Waals surface area contributed by atoms with Crippen molar-refractivity contribution < 1.29 is 26.9 Å². The first-order valence-electron chi connectivity index (χ1n) is 15.5. The van der Waals surface area contributed by atoms with Crippen LogP contribution < -0.4 is 4.74 Å². The van der Waals surface area contributed by atoms with Crippen molar-refractivity contribution in [2.24, 2.45) is 0 Å². The van der Waals surface area contributed by atoms with Crippen LogP contribution in [0, 0.1) is 0 Å². The lowest BCUT2D eigenvalue weighted by molar-refractivity contribution is -0.157. The van der Waals surface area contributed by atoms with Crippen molar-refractivity contribution in [3.8, 4) is 5.75 Å². The van der Waals surface area contributed by atoms with Gasteiger partial charge in [0.25, 0.3) is 10.1 Å². The molecule has 0 aliphatic carbocycles. The zero-order chi connectivity index (χ0) is 33.3. The van der Waals surface area contributed by atoms with Gasteiger partial charge in [-0.15, -0.1) is 0 Å². The second-order valence-corrected chi connectivity index (χ2v) is 15.0. The highest BCUT2D eigenvalue weighted by Crippen LogP contribution is 2.31. The molecule has 2 aromatic carbocycles. The predicted octanol–water partition coefficient (Wildman–Crippen LogP) is 8.04. The summed E-state index contributed by atoms with van der Waals surface area (Å²) in [6.45, 7) is 7.83. The van der Waals surface area contributed by atoms with Crippen LogP contribution in [0.3, 0.4) is 0 Å². The van der Waals surface area contributed by atoms with Crippen LogP contribution in [0.5, 0.6) is 5.75 Å². The topological polar surface area (TPSA) is 105 Å². The van der Waals surface area contributed by atoms with Gasteiger partial charge in [-0.05, 0) is 87.9 Å². The van der Waals surface area contributed by atoms with E-state index in [0.29, 0.717) is 5.75 Å². The van der Waals surface area contributed by atoms with Gasteiger partial charge in [0.2, 0.25) is 0 Å². The molecule has 0 N–H and O–H groups in total. The van der Waals surface area contributed by atoms with Gasteiger partial charge in [0, 0.05) is 12.4 Å². The first-order chi connectivity index (χ1) is 22.1. The highest BCUT2D eigenvalue weighted by Gasteiger charge is 2.29. The van der Waals surface area contributed by atoms with Gasteiger partial charge in [-0.3, -0.25) is 14.2 Å². The number of hydrogen-bond donors (Lipinski definition) is 0. The largest absolute Gasteiger partial charge is 0.482 e. The molecule has 8 nitrogen and oxygen atoms in total. The standard InChI is InChI=1S/C22H23N2O3S.C14H22O3S/c1-22(2,3)27-21(25)16-26-17-8-10-18(11-9-17)28(19-6-4-12-23-14-19)20-7-5-13-24-15-20;1-2-3-4-5-6-10-13-17-18(15,16)14-11-8-7-9-12-14/h4-15H,16H2,1-3H3;7-9,11-12H,2-6,10,13H2,1H3/q+1;. The van der Waals surface area contributed by atoms with E-state index in [2.05, 4.69) is 29.0 Å². The Kier molecular flexibility index (Phi) is 15.2. The van der Waals surface area contributed by atoms with Gasteiger partial charge < -0.3 is 9.47 Å². The summed E-state index contributed by atoms with van der Waals surface area (Å²) in [5.41, 5.74) is -0.522. The number of unbranched alkanes of at least 4 members (excludes halogenated alkanes) is 5. The van der Waals surface area contributed by atoms with Crippen molar-refractivity contribution >= 4 is 27.0 Å². The Bertz CT molecular complexity index is 1490. The maximum absolute atomic E-state index is 11.8. The monoisotopic (exact) mass is 665 g/mol. The molecule has 10 heteroatoms. The minimum atomic E-state index is -3.56. The summed E-state index contributed by atoms with van der Waals surface area (Å²) < 4.78 is 39.3. The first kappa shape index (κ1) is 36.7. The van der Waals surface area contributed by atoms with E-state index < -0.39 is 15.7 Å². The Hall–Kier alpha value is -3.73. The Morgan fingerprint density at radius 1 is 0.739 bits per heavy atom. The lowest BCUT2D eigenvalue weighted by Gasteiger charge is -2.19. The highest BCUT2D eigenvalue weighted by molar-refractivity contribution is 7.97. The molecule has 2 aromatic heterocycles. The van der Waals surface area contributed by atoms with Crippen LogP contribution >= 0.6 is 0 Å². The fourth-order valence-electron chi connectivity index (χ4n) is 4.24. The predicted molar refractivity (Wildman–Crippen MR) is 181 cm³/mol. The molecule has 4 aromatic rings. The van der Waals surface area contributed by atoms with Crippen molar-refractivity contribution in [2.75, 3.05) is 13.2 Å².